The van der Waals surface area contributed by atoms with E-state index >= 15 is 0 Å². The third kappa shape index (κ3) is 2.31. The minimum Gasteiger partial charge on any atom is -0.383 e. The Kier molecular flexibility index (Phi) is 3.50. The summed E-state index contributed by atoms with van der Waals surface area (Å²) in [6, 6.07) is 4.02. The van der Waals surface area contributed by atoms with E-state index in [1.165, 1.54) is 17.4 Å². The van der Waals surface area contributed by atoms with Gasteiger partial charge in [-0.2, -0.15) is 0 Å². The van der Waals surface area contributed by atoms with Crippen LogP contribution in [0.15, 0.2) is 18.2 Å². The lowest BCUT2D eigenvalue weighted by atomic mass is 10.0. The van der Waals surface area contributed by atoms with Crippen LogP contribution in [0.3, 0.4) is 0 Å². The highest BCUT2D eigenvalue weighted by Crippen LogP contribution is 2.32. The number of aliphatic hydroxyl groups is 1. The van der Waals surface area contributed by atoms with Crippen LogP contribution in [0.4, 0.5) is 8.78 Å². The number of aryl methyl sites for hydroxylation is 3. The van der Waals surface area contributed by atoms with E-state index in [0.717, 1.165) is 16.5 Å². The number of aliphatic hydroxyl groups excluding tert-OH is 1. The fourth-order valence-corrected chi connectivity index (χ4v) is 2.83. The predicted molar refractivity (Wildman–Crippen MR) is 68.9 cm³/mol. The quantitative estimate of drug-likeness (QED) is 0.871. The van der Waals surface area contributed by atoms with Crippen molar-refractivity contribution in [1.29, 1.82) is 0 Å². The van der Waals surface area contributed by atoms with Crippen molar-refractivity contribution < 1.29 is 13.9 Å². The smallest absolute Gasteiger partial charge is 0.132 e. The van der Waals surface area contributed by atoms with Gasteiger partial charge in [-0.05, 0) is 44.0 Å². The van der Waals surface area contributed by atoms with Crippen molar-refractivity contribution >= 4 is 11.3 Å². The maximum absolute atomic E-state index is 13.7. The largest absolute Gasteiger partial charge is 0.383 e. The molecule has 0 saturated carbocycles. The first kappa shape index (κ1) is 13.2. The van der Waals surface area contributed by atoms with Gasteiger partial charge in [0.1, 0.15) is 17.7 Å². The number of halogens is 2. The fourth-order valence-electron chi connectivity index (χ4n) is 1.78. The van der Waals surface area contributed by atoms with E-state index < -0.39 is 17.7 Å². The number of rotatable bonds is 2. The molecule has 0 amide bonds. The van der Waals surface area contributed by atoms with Crippen molar-refractivity contribution in [2.45, 2.75) is 26.9 Å². The molecule has 18 heavy (non-hydrogen) atoms. The van der Waals surface area contributed by atoms with Crippen molar-refractivity contribution in [1.82, 2.24) is 0 Å². The Balaban J connectivity index is 2.45. The molecular weight excluding hydrogens is 254 g/mol. The van der Waals surface area contributed by atoms with E-state index in [9.17, 15) is 13.9 Å². The van der Waals surface area contributed by atoms with Gasteiger partial charge in [-0.3, -0.25) is 0 Å². The van der Waals surface area contributed by atoms with Gasteiger partial charge < -0.3 is 5.11 Å². The second-order valence-corrected chi connectivity index (χ2v) is 5.70. The van der Waals surface area contributed by atoms with Crippen molar-refractivity contribution in [3.63, 3.8) is 0 Å². The van der Waals surface area contributed by atoms with Crippen molar-refractivity contribution in [3.8, 4) is 0 Å². The first-order valence-corrected chi connectivity index (χ1v) is 6.42. The van der Waals surface area contributed by atoms with Crippen molar-refractivity contribution in [2.24, 2.45) is 0 Å². The Morgan fingerprint density at radius 1 is 1.00 bits per heavy atom. The summed E-state index contributed by atoms with van der Waals surface area (Å²) < 4.78 is 26.9. The van der Waals surface area contributed by atoms with Crippen LogP contribution in [-0.2, 0) is 0 Å². The number of hydrogen-bond acceptors (Lipinski definition) is 2. The SMILES string of the molecule is Cc1cc(C(O)c2cc(C)c(C)s2)c(F)cc1F. The van der Waals surface area contributed by atoms with Crippen LogP contribution < -0.4 is 0 Å². The molecule has 0 saturated heterocycles. The molecule has 1 aromatic heterocycles. The van der Waals surface area contributed by atoms with Gasteiger partial charge in [-0.1, -0.05) is 0 Å². The van der Waals surface area contributed by atoms with Gasteiger partial charge in [0.25, 0.3) is 0 Å². The molecule has 1 atom stereocenters. The van der Waals surface area contributed by atoms with Gasteiger partial charge in [0, 0.05) is 21.4 Å². The summed E-state index contributed by atoms with van der Waals surface area (Å²) >= 11 is 1.43. The molecule has 0 radical (unpaired) electrons. The Morgan fingerprint density at radius 2 is 1.67 bits per heavy atom. The molecule has 1 aromatic carbocycles. The monoisotopic (exact) mass is 268 g/mol. The molecule has 1 N–H and O–H groups in total. The third-order valence-corrected chi connectivity index (χ3v) is 4.23. The third-order valence-electron chi connectivity index (χ3n) is 3.03. The molecule has 0 bridgehead atoms. The Morgan fingerprint density at radius 3 is 2.22 bits per heavy atom. The van der Waals surface area contributed by atoms with Gasteiger partial charge in [0.2, 0.25) is 0 Å². The molecule has 0 aliphatic rings. The first-order chi connectivity index (χ1) is 8.40. The minimum absolute atomic E-state index is 0.121. The highest BCUT2D eigenvalue weighted by molar-refractivity contribution is 7.12. The normalized spacial score (nSPS) is 12.8. The van der Waals surface area contributed by atoms with E-state index in [-0.39, 0.29) is 5.56 Å². The molecule has 1 nitrogen and oxygen atoms in total. The standard InChI is InChI=1S/C14H14F2OS/c1-7-5-13(18-9(7)3)14(17)10-4-8(2)11(15)6-12(10)16/h4-6,14,17H,1-3H3. The molecule has 0 aliphatic heterocycles. The van der Waals surface area contributed by atoms with Gasteiger partial charge in [-0.15, -0.1) is 11.3 Å². The van der Waals surface area contributed by atoms with E-state index in [1.807, 2.05) is 19.9 Å². The molecule has 0 aliphatic carbocycles. The maximum Gasteiger partial charge on any atom is 0.132 e. The molecule has 2 rings (SSSR count). The molecular formula is C14H14F2OS. The Hall–Kier alpha value is -1.26. The highest BCUT2D eigenvalue weighted by Gasteiger charge is 2.19. The summed E-state index contributed by atoms with van der Waals surface area (Å²) in [5.41, 5.74) is 1.51. The molecule has 1 unspecified atom stereocenters. The molecule has 1 heterocycles. The van der Waals surface area contributed by atoms with E-state index in [1.54, 1.807) is 6.92 Å². The Bertz CT molecular complexity index is 570. The van der Waals surface area contributed by atoms with E-state index in [0.29, 0.717) is 10.4 Å². The molecule has 96 valence electrons. The molecule has 4 heteroatoms. The summed E-state index contributed by atoms with van der Waals surface area (Å²) in [5, 5.41) is 10.2. The molecule has 0 spiro atoms. The van der Waals surface area contributed by atoms with Crippen LogP contribution in [0.2, 0.25) is 0 Å². The van der Waals surface area contributed by atoms with Gasteiger partial charge in [-0.25, -0.2) is 8.78 Å². The summed E-state index contributed by atoms with van der Waals surface area (Å²) in [6.45, 7) is 5.44. The average molecular weight is 268 g/mol. The lowest BCUT2D eigenvalue weighted by Gasteiger charge is -2.11. The summed E-state index contributed by atoms with van der Waals surface area (Å²) in [5.74, 6) is -1.31. The topological polar surface area (TPSA) is 20.2 Å². The summed E-state index contributed by atoms with van der Waals surface area (Å²) in [7, 11) is 0. The lowest BCUT2D eigenvalue weighted by molar-refractivity contribution is 0.218. The van der Waals surface area contributed by atoms with Crippen molar-refractivity contribution in [2.75, 3.05) is 0 Å². The van der Waals surface area contributed by atoms with Gasteiger partial charge >= 0.3 is 0 Å². The van der Waals surface area contributed by atoms with Crippen molar-refractivity contribution in [3.05, 3.63) is 56.3 Å². The highest BCUT2D eigenvalue weighted by atomic mass is 32.1. The zero-order chi connectivity index (χ0) is 13.4. The van der Waals surface area contributed by atoms with Crippen LogP contribution >= 0.6 is 11.3 Å². The van der Waals surface area contributed by atoms with E-state index in [4.69, 9.17) is 0 Å². The average Bonchev–Trinajstić information content (AvgIpc) is 2.63. The Labute approximate surface area is 109 Å². The minimum atomic E-state index is -1.04. The predicted octanol–water partition coefficient (Wildman–Crippen LogP) is 4.03. The maximum atomic E-state index is 13.7. The molecule has 0 fully saturated rings. The zero-order valence-electron chi connectivity index (χ0n) is 10.4. The van der Waals surface area contributed by atoms with Crippen LogP contribution in [0.25, 0.3) is 0 Å². The van der Waals surface area contributed by atoms with E-state index in [2.05, 4.69) is 0 Å². The lowest BCUT2D eigenvalue weighted by Crippen LogP contribution is -2.02. The van der Waals surface area contributed by atoms with Gasteiger partial charge in [0.05, 0.1) is 0 Å². The van der Waals surface area contributed by atoms with Crippen LogP contribution in [0, 0.1) is 32.4 Å². The number of hydrogen-bond donors (Lipinski definition) is 1. The summed E-state index contributed by atoms with van der Waals surface area (Å²) in [6.07, 6.45) is -1.04. The van der Waals surface area contributed by atoms with Crippen LogP contribution in [-0.4, -0.2) is 5.11 Å². The second kappa shape index (κ2) is 4.78. The second-order valence-electron chi connectivity index (χ2n) is 4.41. The number of thiophene rings is 1. The fraction of sp³-hybridized carbons (Fsp3) is 0.286. The van der Waals surface area contributed by atoms with Crippen LogP contribution in [0.1, 0.15) is 32.5 Å². The van der Waals surface area contributed by atoms with Crippen LogP contribution in [0.5, 0.6) is 0 Å². The molecule has 2 aromatic rings. The summed E-state index contributed by atoms with van der Waals surface area (Å²) in [4.78, 5) is 1.76. The first-order valence-electron chi connectivity index (χ1n) is 5.60. The van der Waals surface area contributed by atoms with Gasteiger partial charge in [0.15, 0.2) is 0 Å². The zero-order valence-corrected chi connectivity index (χ0v) is 11.2. The number of benzene rings is 1.